The molecule has 1 rings (SSSR count). The van der Waals surface area contributed by atoms with E-state index in [0.717, 1.165) is 6.54 Å². The highest BCUT2D eigenvalue weighted by molar-refractivity contribution is 5.14. The third-order valence-corrected chi connectivity index (χ3v) is 2.89. The zero-order chi connectivity index (χ0) is 12.0. The van der Waals surface area contributed by atoms with Gasteiger partial charge < -0.3 is 10.2 Å². The minimum absolute atomic E-state index is 0.0485. The number of rotatable bonds is 6. The smallest absolute Gasteiger partial charge is 0.0664 e. The van der Waals surface area contributed by atoms with E-state index in [1.807, 2.05) is 25.1 Å². The van der Waals surface area contributed by atoms with Gasteiger partial charge in [-0.2, -0.15) is 0 Å². The minimum Gasteiger partial charge on any atom is -0.395 e. The maximum atomic E-state index is 9.57. The second-order valence-corrected chi connectivity index (χ2v) is 4.16. The molecule has 0 saturated heterocycles. The summed E-state index contributed by atoms with van der Waals surface area (Å²) in [6, 6.07) is 10.1. The third kappa shape index (κ3) is 3.93. The summed E-state index contributed by atoms with van der Waals surface area (Å²) in [5.74, 6) is 0. The van der Waals surface area contributed by atoms with E-state index < -0.39 is 6.10 Å². The summed E-state index contributed by atoms with van der Waals surface area (Å²) in [5.41, 5.74) is 1.20. The van der Waals surface area contributed by atoms with Gasteiger partial charge in [0.1, 0.15) is 0 Å². The van der Waals surface area contributed by atoms with Gasteiger partial charge in [-0.15, -0.1) is 0 Å². The summed E-state index contributed by atoms with van der Waals surface area (Å²) < 4.78 is 0. The van der Waals surface area contributed by atoms with Gasteiger partial charge in [-0.3, -0.25) is 4.90 Å². The van der Waals surface area contributed by atoms with Crippen LogP contribution >= 0.6 is 0 Å². The molecular weight excluding hydrogens is 202 g/mol. The quantitative estimate of drug-likeness (QED) is 0.763. The summed E-state index contributed by atoms with van der Waals surface area (Å²) in [4.78, 5) is 2.08. The van der Waals surface area contributed by atoms with Crippen LogP contribution in [-0.2, 0) is 6.54 Å². The van der Waals surface area contributed by atoms with Crippen molar-refractivity contribution in [2.45, 2.75) is 32.5 Å². The third-order valence-electron chi connectivity index (χ3n) is 2.89. The fraction of sp³-hybridized carbons (Fsp3) is 0.538. The molecule has 0 aliphatic carbocycles. The predicted octanol–water partition coefficient (Wildman–Crippen LogP) is 1.25. The fourth-order valence-electron chi connectivity index (χ4n) is 1.68. The highest BCUT2D eigenvalue weighted by Gasteiger charge is 2.17. The number of aliphatic hydroxyl groups excluding tert-OH is 2. The minimum atomic E-state index is -0.393. The molecule has 3 nitrogen and oxygen atoms in total. The molecule has 0 aromatic heterocycles. The number of nitrogens with zero attached hydrogens (tertiary/aromatic N) is 1. The lowest BCUT2D eigenvalue weighted by atomic mass is 10.1. The first-order valence-electron chi connectivity index (χ1n) is 5.72. The van der Waals surface area contributed by atoms with Crippen molar-refractivity contribution in [1.29, 1.82) is 0 Å². The number of hydrogen-bond donors (Lipinski definition) is 2. The zero-order valence-electron chi connectivity index (χ0n) is 10.0. The number of aliphatic hydroxyl groups is 2. The standard InChI is InChI=1S/C13H21NO2/c1-11(12(2)16)14(8-9-15)10-13-6-4-3-5-7-13/h3-7,11-12,15-16H,8-10H2,1-2H3. The Morgan fingerprint density at radius 1 is 1.19 bits per heavy atom. The molecule has 2 unspecified atom stereocenters. The van der Waals surface area contributed by atoms with Crippen LogP contribution < -0.4 is 0 Å². The maximum absolute atomic E-state index is 9.57. The number of hydrogen-bond acceptors (Lipinski definition) is 3. The molecule has 1 aromatic rings. The Kier molecular flexibility index (Phi) is 5.46. The van der Waals surface area contributed by atoms with Gasteiger partial charge in [0.05, 0.1) is 12.7 Å². The first-order chi connectivity index (χ1) is 7.65. The topological polar surface area (TPSA) is 43.7 Å². The summed E-state index contributed by atoms with van der Waals surface area (Å²) in [6.45, 7) is 5.21. The fourth-order valence-corrected chi connectivity index (χ4v) is 1.68. The summed E-state index contributed by atoms with van der Waals surface area (Å²) >= 11 is 0. The average molecular weight is 223 g/mol. The highest BCUT2D eigenvalue weighted by atomic mass is 16.3. The summed E-state index contributed by atoms with van der Waals surface area (Å²) in [6.07, 6.45) is -0.393. The average Bonchev–Trinajstić information content (AvgIpc) is 2.29. The van der Waals surface area contributed by atoms with Crippen molar-refractivity contribution in [3.05, 3.63) is 35.9 Å². The van der Waals surface area contributed by atoms with Gasteiger partial charge in [0, 0.05) is 19.1 Å². The van der Waals surface area contributed by atoms with Crippen molar-refractivity contribution in [3.8, 4) is 0 Å². The first kappa shape index (κ1) is 13.2. The Bertz CT molecular complexity index is 287. The van der Waals surface area contributed by atoms with E-state index in [2.05, 4.69) is 17.0 Å². The molecule has 0 bridgehead atoms. The van der Waals surface area contributed by atoms with Crippen LogP contribution in [0.1, 0.15) is 19.4 Å². The molecule has 1 aromatic carbocycles. The predicted molar refractivity (Wildman–Crippen MR) is 65.1 cm³/mol. The van der Waals surface area contributed by atoms with Crippen LogP contribution in [0, 0.1) is 0 Å². The van der Waals surface area contributed by atoms with Gasteiger partial charge in [-0.05, 0) is 19.4 Å². The largest absolute Gasteiger partial charge is 0.395 e. The summed E-state index contributed by atoms with van der Waals surface area (Å²) in [7, 11) is 0. The molecule has 90 valence electrons. The van der Waals surface area contributed by atoms with Crippen LogP contribution in [0.25, 0.3) is 0 Å². The van der Waals surface area contributed by atoms with E-state index >= 15 is 0 Å². The van der Waals surface area contributed by atoms with Crippen molar-refractivity contribution in [2.75, 3.05) is 13.2 Å². The molecule has 0 radical (unpaired) electrons. The van der Waals surface area contributed by atoms with Crippen molar-refractivity contribution >= 4 is 0 Å². The van der Waals surface area contributed by atoms with Crippen LogP contribution in [0.2, 0.25) is 0 Å². The normalized spacial score (nSPS) is 15.1. The zero-order valence-corrected chi connectivity index (χ0v) is 10.0. The van der Waals surface area contributed by atoms with Gasteiger partial charge in [0.25, 0.3) is 0 Å². The van der Waals surface area contributed by atoms with E-state index in [4.69, 9.17) is 5.11 Å². The molecule has 0 heterocycles. The van der Waals surface area contributed by atoms with Crippen LogP contribution in [0.4, 0.5) is 0 Å². The Balaban J connectivity index is 2.64. The molecule has 16 heavy (non-hydrogen) atoms. The first-order valence-corrected chi connectivity index (χ1v) is 5.72. The van der Waals surface area contributed by atoms with Crippen molar-refractivity contribution in [1.82, 2.24) is 4.90 Å². The molecule has 0 aliphatic rings. The molecule has 3 heteroatoms. The SMILES string of the molecule is CC(O)C(C)N(CCO)Cc1ccccc1. The van der Waals surface area contributed by atoms with Crippen molar-refractivity contribution in [3.63, 3.8) is 0 Å². The molecule has 0 amide bonds. The molecule has 0 aliphatic heterocycles. The van der Waals surface area contributed by atoms with E-state index in [9.17, 15) is 5.11 Å². The Labute approximate surface area is 97.3 Å². The van der Waals surface area contributed by atoms with E-state index in [-0.39, 0.29) is 12.6 Å². The molecule has 0 spiro atoms. The van der Waals surface area contributed by atoms with E-state index in [0.29, 0.717) is 6.54 Å². The van der Waals surface area contributed by atoms with Gasteiger partial charge in [-0.1, -0.05) is 30.3 Å². The van der Waals surface area contributed by atoms with Gasteiger partial charge in [-0.25, -0.2) is 0 Å². The molecule has 2 N–H and O–H groups in total. The van der Waals surface area contributed by atoms with Crippen LogP contribution in [0.5, 0.6) is 0 Å². The molecule has 0 fully saturated rings. The van der Waals surface area contributed by atoms with Gasteiger partial charge in [0.15, 0.2) is 0 Å². The molecular formula is C13H21NO2. The van der Waals surface area contributed by atoms with Crippen molar-refractivity contribution in [2.24, 2.45) is 0 Å². The van der Waals surface area contributed by atoms with Gasteiger partial charge >= 0.3 is 0 Å². The maximum Gasteiger partial charge on any atom is 0.0664 e. The van der Waals surface area contributed by atoms with Gasteiger partial charge in [0.2, 0.25) is 0 Å². The second-order valence-electron chi connectivity index (χ2n) is 4.16. The van der Waals surface area contributed by atoms with Crippen molar-refractivity contribution < 1.29 is 10.2 Å². The lowest BCUT2D eigenvalue weighted by Gasteiger charge is -2.30. The monoisotopic (exact) mass is 223 g/mol. The lowest BCUT2D eigenvalue weighted by Crippen LogP contribution is -2.41. The molecule has 2 atom stereocenters. The highest BCUT2D eigenvalue weighted by Crippen LogP contribution is 2.10. The molecule has 0 saturated carbocycles. The van der Waals surface area contributed by atoms with Crippen LogP contribution in [0.15, 0.2) is 30.3 Å². The Morgan fingerprint density at radius 3 is 2.31 bits per heavy atom. The summed E-state index contributed by atoms with van der Waals surface area (Å²) in [5, 5.41) is 18.6. The van der Waals surface area contributed by atoms with E-state index in [1.165, 1.54) is 5.56 Å². The number of benzene rings is 1. The lowest BCUT2D eigenvalue weighted by molar-refractivity contribution is 0.0546. The second kappa shape index (κ2) is 6.63. The Morgan fingerprint density at radius 2 is 1.81 bits per heavy atom. The van der Waals surface area contributed by atoms with Crippen LogP contribution in [0.3, 0.4) is 0 Å². The van der Waals surface area contributed by atoms with Crippen LogP contribution in [-0.4, -0.2) is 40.4 Å². The Hall–Kier alpha value is -0.900. The van der Waals surface area contributed by atoms with E-state index in [1.54, 1.807) is 6.92 Å².